The molecule has 1 N–H and O–H groups in total. The highest BCUT2D eigenvalue weighted by Crippen LogP contribution is 2.30. The molecule has 0 heterocycles. The normalized spacial score (nSPS) is 11.2. The van der Waals surface area contributed by atoms with Crippen LogP contribution >= 0.6 is 0 Å². The van der Waals surface area contributed by atoms with E-state index in [1.165, 1.54) is 12.1 Å². The van der Waals surface area contributed by atoms with E-state index in [1.807, 2.05) is 42.5 Å². The quantitative estimate of drug-likeness (QED) is 0.658. The molecule has 0 saturated heterocycles. The Balaban J connectivity index is 1.85. The van der Waals surface area contributed by atoms with Gasteiger partial charge in [0.2, 0.25) is 0 Å². The van der Waals surface area contributed by atoms with Gasteiger partial charge in [-0.1, -0.05) is 48.5 Å². The Morgan fingerprint density at radius 2 is 1.36 bits per heavy atom. The average Bonchev–Trinajstić information content (AvgIpc) is 2.62. The van der Waals surface area contributed by atoms with Gasteiger partial charge in [0.1, 0.15) is 0 Å². The molecular weight excluding hydrogens is 327 g/mol. The van der Waals surface area contributed by atoms with Crippen LogP contribution in [-0.4, -0.2) is 5.91 Å². The smallest absolute Gasteiger partial charge is 0.321 e. The second-order valence-electron chi connectivity index (χ2n) is 5.44. The van der Waals surface area contributed by atoms with Crippen LogP contribution < -0.4 is 5.32 Å². The highest BCUT2D eigenvalue weighted by Gasteiger charge is 2.30. The summed E-state index contributed by atoms with van der Waals surface area (Å²) in [7, 11) is 0. The van der Waals surface area contributed by atoms with Crippen LogP contribution in [0.2, 0.25) is 0 Å². The maximum Gasteiger partial charge on any atom is 0.416 e. The zero-order chi connectivity index (χ0) is 17.9. The molecule has 0 aliphatic heterocycles. The van der Waals surface area contributed by atoms with E-state index in [0.29, 0.717) is 5.69 Å². The van der Waals surface area contributed by atoms with E-state index in [4.69, 9.17) is 0 Å². The Morgan fingerprint density at radius 3 is 2.00 bits per heavy atom. The molecule has 0 saturated carbocycles. The van der Waals surface area contributed by atoms with Gasteiger partial charge in [0.15, 0.2) is 0 Å². The molecule has 0 aliphatic carbocycles. The Labute approximate surface area is 142 Å². The molecule has 25 heavy (non-hydrogen) atoms. The molecule has 0 aromatic heterocycles. The molecule has 0 bridgehead atoms. The molecular formula is C20H14F3NO. The molecule has 2 nitrogen and oxygen atoms in total. The van der Waals surface area contributed by atoms with Crippen molar-refractivity contribution in [3.05, 3.63) is 90.0 Å². The van der Waals surface area contributed by atoms with Crippen LogP contribution in [0.5, 0.6) is 0 Å². The SMILES string of the molecule is O=C(Nc1ccccc1-c1ccccc1)c1ccc(C(F)(F)F)cc1. The summed E-state index contributed by atoms with van der Waals surface area (Å²) in [4.78, 5) is 12.4. The van der Waals surface area contributed by atoms with Crippen molar-refractivity contribution in [2.45, 2.75) is 6.18 Å². The molecule has 0 spiro atoms. The van der Waals surface area contributed by atoms with Gasteiger partial charge in [-0.15, -0.1) is 0 Å². The first-order chi connectivity index (χ1) is 11.9. The lowest BCUT2D eigenvalue weighted by molar-refractivity contribution is -0.137. The van der Waals surface area contributed by atoms with Crippen LogP contribution in [-0.2, 0) is 6.18 Å². The van der Waals surface area contributed by atoms with Crippen molar-refractivity contribution in [2.24, 2.45) is 0 Å². The number of carbonyl (C=O) groups is 1. The lowest BCUT2D eigenvalue weighted by atomic mass is 10.0. The number of rotatable bonds is 3. The number of hydrogen-bond acceptors (Lipinski definition) is 1. The summed E-state index contributed by atoms with van der Waals surface area (Å²) in [5, 5.41) is 2.76. The summed E-state index contributed by atoms with van der Waals surface area (Å²) in [5.41, 5.74) is 1.75. The summed E-state index contributed by atoms with van der Waals surface area (Å²) in [6.07, 6.45) is -4.42. The van der Waals surface area contributed by atoms with Gasteiger partial charge >= 0.3 is 6.18 Å². The molecule has 3 aromatic carbocycles. The minimum absolute atomic E-state index is 0.163. The largest absolute Gasteiger partial charge is 0.416 e. The third-order valence-corrected chi connectivity index (χ3v) is 3.73. The Kier molecular flexibility index (Phi) is 4.57. The molecule has 126 valence electrons. The maximum atomic E-state index is 12.6. The Bertz CT molecular complexity index is 871. The molecule has 0 atom stereocenters. The molecule has 0 radical (unpaired) electrons. The highest BCUT2D eigenvalue weighted by molar-refractivity contribution is 6.06. The summed E-state index contributed by atoms with van der Waals surface area (Å²) in [6.45, 7) is 0. The number of hydrogen-bond donors (Lipinski definition) is 1. The fourth-order valence-corrected chi connectivity index (χ4v) is 2.47. The molecule has 1 amide bonds. The van der Waals surface area contributed by atoms with E-state index in [1.54, 1.807) is 12.1 Å². The fourth-order valence-electron chi connectivity index (χ4n) is 2.47. The molecule has 3 rings (SSSR count). The standard InChI is InChI=1S/C20H14F3NO/c21-20(22,23)16-12-10-15(11-13-16)19(25)24-18-9-5-4-8-17(18)14-6-2-1-3-7-14/h1-13H,(H,24,25). The molecule has 3 aromatic rings. The van der Waals surface area contributed by atoms with Crippen LogP contribution in [0.4, 0.5) is 18.9 Å². The van der Waals surface area contributed by atoms with E-state index >= 15 is 0 Å². The second-order valence-corrected chi connectivity index (χ2v) is 5.44. The fraction of sp³-hybridized carbons (Fsp3) is 0.0500. The van der Waals surface area contributed by atoms with Gasteiger partial charge < -0.3 is 5.32 Å². The van der Waals surface area contributed by atoms with Crippen molar-refractivity contribution in [2.75, 3.05) is 5.32 Å². The summed E-state index contributed by atoms with van der Waals surface area (Å²) in [6, 6.07) is 20.9. The van der Waals surface area contributed by atoms with E-state index in [0.717, 1.165) is 23.3 Å². The Morgan fingerprint density at radius 1 is 0.760 bits per heavy atom. The number of benzene rings is 3. The summed E-state index contributed by atoms with van der Waals surface area (Å²) in [5.74, 6) is -0.461. The van der Waals surface area contributed by atoms with Crippen molar-refractivity contribution in [3.8, 4) is 11.1 Å². The van der Waals surface area contributed by atoms with Crippen molar-refractivity contribution in [1.29, 1.82) is 0 Å². The number of alkyl halides is 3. The van der Waals surface area contributed by atoms with E-state index < -0.39 is 17.6 Å². The third kappa shape index (κ3) is 3.88. The monoisotopic (exact) mass is 341 g/mol. The van der Waals surface area contributed by atoms with Gasteiger partial charge in [-0.3, -0.25) is 4.79 Å². The van der Waals surface area contributed by atoms with E-state index in [-0.39, 0.29) is 5.56 Å². The number of nitrogens with one attached hydrogen (secondary N) is 1. The van der Waals surface area contributed by atoms with Crippen LogP contribution in [0.25, 0.3) is 11.1 Å². The van der Waals surface area contributed by atoms with Gasteiger partial charge in [-0.05, 0) is 35.9 Å². The predicted octanol–water partition coefficient (Wildman–Crippen LogP) is 5.62. The predicted molar refractivity (Wildman–Crippen MR) is 91.3 cm³/mol. The highest BCUT2D eigenvalue weighted by atomic mass is 19.4. The molecule has 5 heteroatoms. The number of carbonyl (C=O) groups excluding carboxylic acids is 1. The summed E-state index contributed by atoms with van der Waals surface area (Å²) >= 11 is 0. The van der Waals surface area contributed by atoms with Crippen LogP contribution in [0.3, 0.4) is 0 Å². The maximum absolute atomic E-state index is 12.6. The van der Waals surface area contributed by atoms with E-state index in [9.17, 15) is 18.0 Å². The zero-order valence-corrected chi connectivity index (χ0v) is 13.0. The topological polar surface area (TPSA) is 29.1 Å². The minimum atomic E-state index is -4.42. The van der Waals surface area contributed by atoms with Gasteiger partial charge in [0.25, 0.3) is 5.91 Å². The zero-order valence-electron chi connectivity index (χ0n) is 13.0. The summed E-state index contributed by atoms with van der Waals surface area (Å²) < 4.78 is 37.8. The van der Waals surface area contributed by atoms with Crippen LogP contribution in [0, 0.1) is 0 Å². The first kappa shape index (κ1) is 16.8. The number of halogens is 3. The van der Waals surface area contributed by atoms with E-state index in [2.05, 4.69) is 5.32 Å². The third-order valence-electron chi connectivity index (χ3n) is 3.73. The van der Waals surface area contributed by atoms with Crippen molar-refractivity contribution < 1.29 is 18.0 Å². The van der Waals surface area contributed by atoms with Gasteiger partial charge in [-0.2, -0.15) is 13.2 Å². The van der Waals surface area contributed by atoms with Gasteiger partial charge in [-0.25, -0.2) is 0 Å². The Hall–Kier alpha value is -3.08. The van der Waals surface area contributed by atoms with Crippen molar-refractivity contribution in [1.82, 2.24) is 0 Å². The van der Waals surface area contributed by atoms with Crippen LogP contribution in [0.1, 0.15) is 15.9 Å². The van der Waals surface area contributed by atoms with Gasteiger partial charge in [0.05, 0.1) is 5.56 Å². The average molecular weight is 341 g/mol. The van der Waals surface area contributed by atoms with Crippen molar-refractivity contribution >= 4 is 11.6 Å². The molecule has 0 fully saturated rings. The minimum Gasteiger partial charge on any atom is -0.321 e. The first-order valence-corrected chi connectivity index (χ1v) is 7.58. The molecule has 0 aliphatic rings. The lowest BCUT2D eigenvalue weighted by Gasteiger charge is -2.12. The van der Waals surface area contributed by atoms with Gasteiger partial charge in [0, 0.05) is 16.8 Å². The van der Waals surface area contributed by atoms with Crippen molar-refractivity contribution in [3.63, 3.8) is 0 Å². The molecule has 0 unspecified atom stereocenters. The number of para-hydroxylation sites is 1. The number of amides is 1. The lowest BCUT2D eigenvalue weighted by Crippen LogP contribution is -2.13. The second kappa shape index (κ2) is 6.81. The number of anilines is 1. The first-order valence-electron chi connectivity index (χ1n) is 7.58. The van der Waals surface area contributed by atoms with Crippen LogP contribution in [0.15, 0.2) is 78.9 Å².